The SMILES string of the molecule is N#Cc1cnc(Nc2cc(-c3ccccc3O)[nH]n2)cn1.NC1CCC1. The quantitative estimate of drug-likeness (QED) is 0.570. The number of aromatic hydroxyl groups is 1. The highest BCUT2D eigenvalue weighted by atomic mass is 16.3. The summed E-state index contributed by atoms with van der Waals surface area (Å²) in [5.74, 6) is 1.18. The number of hydrogen-bond donors (Lipinski definition) is 4. The number of nitrogens with zero attached hydrogens (tertiary/aromatic N) is 4. The van der Waals surface area contributed by atoms with E-state index >= 15 is 0 Å². The largest absolute Gasteiger partial charge is 0.507 e. The Morgan fingerprint density at radius 2 is 1.96 bits per heavy atom. The minimum Gasteiger partial charge on any atom is -0.507 e. The molecule has 132 valence electrons. The van der Waals surface area contributed by atoms with Crippen LogP contribution in [0.25, 0.3) is 11.3 Å². The first-order chi connectivity index (χ1) is 12.7. The van der Waals surface area contributed by atoms with E-state index in [0.717, 1.165) is 0 Å². The highest BCUT2D eigenvalue weighted by Crippen LogP contribution is 2.28. The van der Waals surface area contributed by atoms with Crippen molar-refractivity contribution >= 4 is 11.6 Å². The first-order valence-corrected chi connectivity index (χ1v) is 8.24. The molecule has 8 nitrogen and oxygen atoms in total. The van der Waals surface area contributed by atoms with Crippen LogP contribution in [0.1, 0.15) is 25.0 Å². The summed E-state index contributed by atoms with van der Waals surface area (Å²) < 4.78 is 0. The Morgan fingerprint density at radius 3 is 2.54 bits per heavy atom. The lowest BCUT2D eigenvalue weighted by atomic mass is 9.95. The number of rotatable bonds is 3. The van der Waals surface area contributed by atoms with Gasteiger partial charge in [0, 0.05) is 17.7 Å². The first-order valence-electron chi connectivity index (χ1n) is 8.24. The number of phenols is 1. The van der Waals surface area contributed by atoms with Crippen molar-refractivity contribution in [3.8, 4) is 23.1 Å². The van der Waals surface area contributed by atoms with Gasteiger partial charge in [0.15, 0.2) is 11.5 Å². The summed E-state index contributed by atoms with van der Waals surface area (Å²) >= 11 is 0. The fraction of sp³-hybridized carbons (Fsp3) is 0.222. The molecule has 0 saturated heterocycles. The van der Waals surface area contributed by atoms with Gasteiger partial charge < -0.3 is 16.2 Å². The molecule has 1 saturated carbocycles. The van der Waals surface area contributed by atoms with Crippen LogP contribution in [0.3, 0.4) is 0 Å². The monoisotopic (exact) mass is 349 g/mol. The van der Waals surface area contributed by atoms with E-state index < -0.39 is 0 Å². The number of anilines is 2. The second-order valence-corrected chi connectivity index (χ2v) is 5.90. The average Bonchev–Trinajstić information content (AvgIpc) is 3.10. The predicted octanol–water partition coefficient (Wildman–Crippen LogP) is 2.69. The van der Waals surface area contributed by atoms with E-state index in [4.69, 9.17) is 11.0 Å². The van der Waals surface area contributed by atoms with Crippen LogP contribution in [0, 0.1) is 11.3 Å². The van der Waals surface area contributed by atoms with Crippen molar-refractivity contribution in [2.45, 2.75) is 25.3 Å². The number of nitrogens with one attached hydrogen (secondary N) is 2. The van der Waals surface area contributed by atoms with Crippen molar-refractivity contribution in [2.75, 3.05) is 5.32 Å². The Morgan fingerprint density at radius 1 is 1.19 bits per heavy atom. The molecule has 1 aliphatic carbocycles. The van der Waals surface area contributed by atoms with Gasteiger partial charge in [-0.2, -0.15) is 10.4 Å². The third-order valence-electron chi connectivity index (χ3n) is 3.94. The third kappa shape index (κ3) is 4.34. The lowest BCUT2D eigenvalue weighted by Crippen LogP contribution is -2.27. The number of benzene rings is 1. The molecule has 26 heavy (non-hydrogen) atoms. The van der Waals surface area contributed by atoms with Gasteiger partial charge in [-0.3, -0.25) is 5.10 Å². The minimum atomic E-state index is 0.172. The summed E-state index contributed by atoms with van der Waals surface area (Å²) in [5.41, 5.74) is 6.96. The Labute approximate surface area is 150 Å². The maximum atomic E-state index is 9.80. The molecule has 1 fully saturated rings. The highest BCUT2D eigenvalue weighted by molar-refractivity contribution is 5.69. The van der Waals surface area contributed by atoms with Crippen LogP contribution < -0.4 is 11.1 Å². The van der Waals surface area contributed by atoms with E-state index in [9.17, 15) is 5.11 Å². The van der Waals surface area contributed by atoms with E-state index in [1.165, 1.54) is 31.7 Å². The molecule has 8 heteroatoms. The fourth-order valence-electron chi connectivity index (χ4n) is 2.25. The van der Waals surface area contributed by atoms with E-state index in [1.54, 1.807) is 24.3 Å². The molecule has 4 rings (SSSR count). The lowest BCUT2D eigenvalue weighted by molar-refractivity contribution is 0.418. The Hall–Kier alpha value is -3.44. The molecule has 0 amide bonds. The fourth-order valence-corrected chi connectivity index (χ4v) is 2.25. The van der Waals surface area contributed by atoms with Gasteiger partial charge in [-0.25, -0.2) is 9.97 Å². The summed E-state index contributed by atoms with van der Waals surface area (Å²) in [6.07, 6.45) is 6.72. The zero-order chi connectivity index (χ0) is 18.4. The Kier molecular flexibility index (Phi) is 5.41. The molecule has 5 N–H and O–H groups in total. The number of para-hydroxylation sites is 1. The summed E-state index contributed by atoms with van der Waals surface area (Å²) in [4.78, 5) is 7.95. The molecule has 3 aromatic rings. The molecule has 2 aromatic heterocycles. The van der Waals surface area contributed by atoms with Crippen LogP contribution in [0.4, 0.5) is 11.6 Å². The topological polar surface area (TPSA) is 137 Å². The summed E-state index contributed by atoms with van der Waals surface area (Å²) in [7, 11) is 0. The molecule has 0 atom stereocenters. The maximum absolute atomic E-state index is 9.80. The zero-order valence-corrected chi connectivity index (χ0v) is 14.1. The number of phenolic OH excluding ortho intramolecular Hbond substituents is 1. The number of aromatic amines is 1. The number of nitrogens with two attached hydrogens (primary N) is 1. The Balaban J connectivity index is 0.000000339. The molecule has 0 unspecified atom stereocenters. The number of nitriles is 1. The van der Waals surface area contributed by atoms with Gasteiger partial charge in [0.1, 0.15) is 17.6 Å². The van der Waals surface area contributed by atoms with Crippen molar-refractivity contribution in [1.29, 1.82) is 5.26 Å². The van der Waals surface area contributed by atoms with Gasteiger partial charge in [0.05, 0.1) is 18.1 Å². The van der Waals surface area contributed by atoms with Crippen LogP contribution in [0.2, 0.25) is 0 Å². The van der Waals surface area contributed by atoms with Crippen LogP contribution in [-0.2, 0) is 0 Å². The first kappa shape index (κ1) is 17.4. The van der Waals surface area contributed by atoms with Crippen LogP contribution >= 0.6 is 0 Å². The normalized spacial score (nSPS) is 13.1. The van der Waals surface area contributed by atoms with Gasteiger partial charge in [-0.1, -0.05) is 18.6 Å². The number of aromatic nitrogens is 4. The molecular weight excluding hydrogens is 330 g/mol. The minimum absolute atomic E-state index is 0.172. The number of hydrogen-bond acceptors (Lipinski definition) is 7. The second-order valence-electron chi connectivity index (χ2n) is 5.90. The molecule has 0 bridgehead atoms. The van der Waals surface area contributed by atoms with Crippen LogP contribution in [0.15, 0.2) is 42.7 Å². The zero-order valence-electron chi connectivity index (χ0n) is 14.1. The third-order valence-corrected chi connectivity index (χ3v) is 3.94. The van der Waals surface area contributed by atoms with E-state index in [1.807, 2.05) is 12.1 Å². The standard InChI is InChI=1S/C14H10N6O.C4H9N/c15-6-9-7-17-14(8-16-9)18-13-5-11(19-20-13)10-3-1-2-4-12(10)21;5-4-2-1-3-4/h1-5,7-8,21H,(H2,17,18,19,20);4H,1-3,5H2. The van der Waals surface area contributed by atoms with Crippen molar-refractivity contribution in [3.63, 3.8) is 0 Å². The van der Waals surface area contributed by atoms with Crippen LogP contribution in [-0.4, -0.2) is 31.3 Å². The lowest BCUT2D eigenvalue weighted by Gasteiger charge is -2.18. The van der Waals surface area contributed by atoms with E-state index in [2.05, 4.69) is 25.5 Å². The molecule has 1 aliphatic rings. The maximum Gasteiger partial charge on any atom is 0.158 e. The van der Waals surface area contributed by atoms with Gasteiger partial charge >= 0.3 is 0 Å². The molecular formula is C18H19N7O. The van der Waals surface area contributed by atoms with Crippen molar-refractivity contribution in [2.24, 2.45) is 5.73 Å². The van der Waals surface area contributed by atoms with Gasteiger partial charge in [-0.15, -0.1) is 0 Å². The van der Waals surface area contributed by atoms with Gasteiger partial charge in [-0.05, 0) is 25.0 Å². The van der Waals surface area contributed by atoms with E-state index in [0.29, 0.717) is 28.9 Å². The highest BCUT2D eigenvalue weighted by Gasteiger charge is 2.10. The Bertz CT molecular complexity index is 894. The second kappa shape index (κ2) is 8.09. The summed E-state index contributed by atoms with van der Waals surface area (Å²) in [5, 5.41) is 28.3. The van der Waals surface area contributed by atoms with Crippen molar-refractivity contribution in [1.82, 2.24) is 20.2 Å². The van der Waals surface area contributed by atoms with Gasteiger partial charge in [0.2, 0.25) is 0 Å². The van der Waals surface area contributed by atoms with Crippen molar-refractivity contribution < 1.29 is 5.11 Å². The molecule has 0 aliphatic heterocycles. The average molecular weight is 349 g/mol. The smallest absolute Gasteiger partial charge is 0.158 e. The summed E-state index contributed by atoms with van der Waals surface area (Å²) in [6.45, 7) is 0. The molecule has 0 radical (unpaired) electrons. The van der Waals surface area contributed by atoms with Crippen molar-refractivity contribution in [3.05, 3.63) is 48.4 Å². The van der Waals surface area contributed by atoms with Crippen LogP contribution in [0.5, 0.6) is 5.75 Å². The predicted molar refractivity (Wildman–Crippen MR) is 97.5 cm³/mol. The molecule has 2 heterocycles. The van der Waals surface area contributed by atoms with Gasteiger partial charge in [0.25, 0.3) is 0 Å². The number of H-pyrrole nitrogens is 1. The van der Waals surface area contributed by atoms with E-state index in [-0.39, 0.29) is 11.4 Å². The molecule has 0 spiro atoms. The summed E-state index contributed by atoms with van der Waals surface area (Å²) in [6, 6.07) is 11.2. The molecule has 1 aromatic carbocycles.